The Kier molecular flexibility index (Phi) is 5.77. The largest absolute Gasteiger partial charge is 0.379 e. The molecule has 28 heavy (non-hydrogen) atoms. The summed E-state index contributed by atoms with van der Waals surface area (Å²) in [5, 5.41) is 5.36. The van der Waals surface area contributed by atoms with E-state index in [9.17, 15) is 13.2 Å². The Balaban J connectivity index is 1.45. The van der Waals surface area contributed by atoms with Gasteiger partial charge in [-0.3, -0.25) is 4.79 Å². The summed E-state index contributed by atoms with van der Waals surface area (Å²) in [6.07, 6.45) is 4.12. The Morgan fingerprint density at radius 3 is 2.50 bits per heavy atom. The Morgan fingerprint density at radius 1 is 1.14 bits per heavy atom. The lowest BCUT2D eigenvalue weighted by molar-refractivity contribution is -0.119. The van der Waals surface area contributed by atoms with Gasteiger partial charge in [-0.25, -0.2) is 13.4 Å². The monoisotopic (exact) mass is 421 g/mol. The van der Waals surface area contributed by atoms with E-state index in [1.54, 1.807) is 24.3 Å². The van der Waals surface area contributed by atoms with E-state index < -0.39 is 10.0 Å². The number of carbonyl (C=O) groups excluding carboxylic acids is 1. The van der Waals surface area contributed by atoms with Crippen molar-refractivity contribution in [2.45, 2.75) is 30.6 Å². The molecule has 1 N–H and O–H groups in total. The number of sulfonamides is 1. The lowest BCUT2D eigenvalue weighted by atomic mass is 10.1. The molecule has 4 rings (SSSR count). The molecule has 0 radical (unpaired) electrons. The van der Waals surface area contributed by atoms with E-state index in [0.717, 1.165) is 36.9 Å². The quantitative estimate of drug-likeness (QED) is 0.802. The molecule has 1 aromatic carbocycles. The van der Waals surface area contributed by atoms with Crippen LogP contribution in [0.3, 0.4) is 0 Å². The van der Waals surface area contributed by atoms with E-state index >= 15 is 0 Å². The van der Waals surface area contributed by atoms with Gasteiger partial charge in [-0.05, 0) is 25.0 Å². The Labute approximate surface area is 168 Å². The van der Waals surface area contributed by atoms with Crippen LogP contribution in [-0.2, 0) is 19.6 Å². The first-order chi connectivity index (χ1) is 13.5. The molecule has 0 spiro atoms. The highest BCUT2D eigenvalue weighted by atomic mass is 32.2. The van der Waals surface area contributed by atoms with Gasteiger partial charge >= 0.3 is 0 Å². The van der Waals surface area contributed by atoms with Crippen molar-refractivity contribution in [3.63, 3.8) is 0 Å². The molecule has 2 heterocycles. The van der Waals surface area contributed by atoms with Crippen molar-refractivity contribution in [1.82, 2.24) is 9.29 Å². The molecule has 0 bridgehead atoms. The summed E-state index contributed by atoms with van der Waals surface area (Å²) in [6, 6.07) is 6.72. The number of ether oxygens (including phenoxy) is 1. The Hall–Kier alpha value is -1.81. The summed E-state index contributed by atoms with van der Waals surface area (Å²) >= 11 is 1.38. The van der Waals surface area contributed by atoms with Gasteiger partial charge in [-0.2, -0.15) is 4.31 Å². The molecule has 2 fully saturated rings. The van der Waals surface area contributed by atoms with Gasteiger partial charge in [-0.1, -0.05) is 25.0 Å². The van der Waals surface area contributed by atoms with E-state index in [1.807, 2.05) is 5.38 Å². The molecule has 2 aromatic rings. The van der Waals surface area contributed by atoms with Crippen LogP contribution in [0, 0.1) is 5.92 Å². The second-order valence-corrected chi connectivity index (χ2v) is 9.85. The van der Waals surface area contributed by atoms with Crippen molar-refractivity contribution >= 4 is 32.4 Å². The zero-order chi connectivity index (χ0) is 19.6. The molecule has 1 saturated heterocycles. The molecule has 0 unspecified atom stereocenters. The van der Waals surface area contributed by atoms with Gasteiger partial charge in [0.15, 0.2) is 5.13 Å². The molecular formula is C19H23N3O4S2. The minimum Gasteiger partial charge on any atom is -0.379 e. The van der Waals surface area contributed by atoms with Crippen molar-refractivity contribution in [1.29, 1.82) is 0 Å². The first kappa shape index (κ1) is 19.5. The minimum atomic E-state index is -3.50. The van der Waals surface area contributed by atoms with Crippen molar-refractivity contribution in [2.24, 2.45) is 5.92 Å². The zero-order valence-corrected chi connectivity index (χ0v) is 17.1. The van der Waals surface area contributed by atoms with Crippen LogP contribution < -0.4 is 5.32 Å². The number of morpholine rings is 1. The average molecular weight is 422 g/mol. The summed E-state index contributed by atoms with van der Waals surface area (Å²) in [4.78, 5) is 17.0. The zero-order valence-electron chi connectivity index (χ0n) is 15.5. The molecule has 1 amide bonds. The van der Waals surface area contributed by atoms with Gasteiger partial charge < -0.3 is 10.1 Å². The van der Waals surface area contributed by atoms with Crippen molar-refractivity contribution < 1.29 is 17.9 Å². The lowest BCUT2D eigenvalue weighted by Gasteiger charge is -2.26. The number of hydrogen-bond donors (Lipinski definition) is 1. The summed E-state index contributed by atoms with van der Waals surface area (Å²) in [5.41, 5.74) is 1.54. The Bertz CT molecular complexity index is 928. The van der Waals surface area contributed by atoms with E-state index in [4.69, 9.17) is 4.74 Å². The van der Waals surface area contributed by atoms with Crippen molar-refractivity contribution in [2.75, 3.05) is 31.6 Å². The van der Waals surface area contributed by atoms with Gasteiger partial charge in [0.1, 0.15) is 0 Å². The Morgan fingerprint density at radius 2 is 1.82 bits per heavy atom. The van der Waals surface area contributed by atoms with E-state index in [-0.39, 0.29) is 16.7 Å². The fraction of sp³-hybridized carbons (Fsp3) is 0.474. The van der Waals surface area contributed by atoms with Crippen LogP contribution in [-0.4, -0.2) is 49.9 Å². The highest BCUT2D eigenvalue weighted by molar-refractivity contribution is 7.89. The maximum atomic E-state index is 12.7. The molecule has 9 heteroatoms. The summed E-state index contributed by atoms with van der Waals surface area (Å²) in [5.74, 6) is 0.141. The average Bonchev–Trinajstić information content (AvgIpc) is 3.41. The number of anilines is 1. The van der Waals surface area contributed by atoms with Crippen LogP contribution >= 0.6 is 11.3 Å². The number of thiazole rings is 1. The van der Waals surface area contributed by atoms with Crippen LogP contribution in [0.15, 0.2) is 34.5 Å². The fourth-order valence-electron chi connectivity index (χ4n) is 3.59. The van der Waals surface area contributed by atoms with Gasteiger partial charge in [-0.15, -0.1) is 11.3 Å². The number of carbonyl (C=O) groups is 1. The first-order valence-electron chi connectivity index (χ1n) is 9.49. The molecule has 1 aliphatic carbocycles. The summed E-state index contributed by atoms with van der Waals surface area (Å²) < 4.78 is 32.1. The summed E-state index contributed by atoms with van der Waals surface area (Å²) in [7, 11) is -3.50. The standard InChI is InChI=1S/C19H23N3O4S2/c23-18(15-3-1-2-4-15)21-19-20-17(13-27-19)14-5-7-16(8-6-14)28(24,25)22-9-11-26-12-10-22/h5-8,13,15H,1-4,9-12H2,(H,20,21,23). The smallest absolute Gasteiger partial charge is 0.243 e. The first-order valence-corrected chi connectivity index (χ1v) is 11.8. The van der Waals surface area contributed by atoms with Gasteiger partial charge in [0, 0.05) is 30.0 Å². The maximum Gasteiger partial charge on any atom is 0.243 e. The number of hydrogen-bond acceptors (Lipinski definition) is 6. The van der Waals surface area contributed by atoms with Gasteiger partial charge in [0.2, 0.25) is 15.9 Å². The molecule has 150 valence electrons. The number of amides is 1. The van der Waals surface area contributed by atoms with Crippen molar-refractivity contribution in [3.05, 3.63) is 29.6 Å². The number of nitrogens with zero attached hydrogens (tertiary/aromatic N) is 2. The van der Waals surface area contributed by atoms with E-state index in [0.29, 0.717) is 31.4 Å². The number of aromatic nitrogens is 1. The van der Waals surface area contributed by atoms with Crippen LogP contribution in [0.25, 0.3) is 11.3 Å². The number of benzene rings is 1. The molecular weight excluding hydrogens is 398 g/mol. The molecule has 0 atom stereocenters. The third kappa shape index (κ3) is 4.12. The summed E-state index contributed by atoms with van der Waals surface area (Å²) in [6.45, 7) is 1.59. The topological polar surface area (TPSA) is 88.6 Å². The molecule has 1 aromatic heterocycles. The number of rotatable bonds is 5. The van der Waals surface area contributed by atoms with Crippen LogP contribution in [0.2, 0.25) is 0 Å². The second kappa shape index (κ2) is 8.28. The highest BCUT2D eigenvalue weighted by Crippen LogP contribution is 2.29. The number of nitrogens with one attached hydrogen (secondary N) is 1. The fourth-order valence-corrected chi connectivity index (χ4v) is 5.72. The van der Waals surface area contributed by atoms with Crippen molar-refractivity contribution in [3.8, 4) is 11.3 Å². The van der Waals surface area contributed by atoms with E-state index in [1.165, 1.54) is 15.6 Å². The van der Waals surface area contributed by atoms with Gasteiger partial charge in [0.05, 0.1) is 23.8 Å². The lowest BCUT2D eigenvalue weighted by Crippen LogP contribution is -2.40. The SMILES string of the molecule is O=C(Nc1nc(-c2ccc(S(=O)(=O)N3CCOCC3)cc2)cs1)C1CCCC1. The molecule has 1 aliphatic heterocycles. The molecule has 1 saturated carbocycles. The molecule has 2 aliphatic rings. The maximum absolute atomic E-state index is 12.7. The second-order valence-electron chi connectivity index (χ2n) is 7.05. The van der Waals surface area contributed by atoms with Crippen LogP contribution in [0.1, 0.15) is 25.7 Å². The third-order valence-electron chi connectivity index (χ3n) is 5.22. The third-order valence-corrected chi connectivity index (χ3v) is 7.89. The minimum absolute atomic E-state index is 0.0466. The predicted molar refractivity (Wildman–Crippen MR) is 108 cm³/mol. The van der Waals surface area contributed by atoms with Crippen LogP contribution in [0.4, 0.5) is 5.13 Å². The molecule has 7 nitrogen and oxygen atoms in total. The normalized spacial score (nSPS) is 19.0. The predicted octanol–water partition coefficient (Wildman–Crippen LogP) is 2.96. The van der Waals surface area contributed by atoms with Gasteiger partial charge in [0.25, 0.3) is 0 Å². The van der Waals surface area contributed by atoms with Crippen LogP contribution in [0.5, 0.6) is 0 Å². The highest BCUT2D eigenvalue weighted by Gasteiger charge is 2.26. The van der Waals surface area contributed by atoms with E-state index in [2.05, 4.69) is 10.3 Å².